The van der Waals surface area contributed by atoms with E-state index in [0.717, 1.165) is 5.92 Å². The molecular weight excluding hydrogens is 260 g/mol. The molecule has 16 heavy (non-hydrogen) atoms. The Morgan fingerprint density at radius 1 is 1.25 bits per heavy atom. The fourth-order valence-corrected chi connectivity index (χ4v) is 3.25. The first-order valence-corrected chi connectivity index (χ1v) is 7.40. The van der Waals surface area contributed by atoms with Gasteiger partial charge in [0.25, 0.3) is 0 Å². The lowest BCUT2D eigenvalue weighted by Crippen LogP contribution is -2.09. The molecule has 0 N–H and O–H groups in total. The summed E-state index contributed by atoms with van der Waals surface area (Å²) < 4.78 is 0. The maximum Gasteiger partial charge on any atom is 0.0398 e. The molecule has 2 rings (SSSR count). The average Bonchev–Trinajstić information content (AvgIpc) is 2.31. The molecule has 0 heterocycles. The van der Waals surface area contributed by atoms with Gasteiger partial charge in [-0.3, -0.25) is 0 Å². The first-order valence-electron chi connectivity index (χ1n) is 6.49. The largest absolute Gasteiger partial charge is 0.0839 e. The number of unbranched alkanes of at least 4 members (excludes halogenated alkanes) is 1. The fraction of sp³-hybridized carbons (Fsp3) is 0.600. The van der Waals surface area contributed by atoms with Gasteiger partial charge in [0.15, 0.2) is 0 Å². The minimum atomic E-state index is 0.584. The second kappa shape index (κ2) is 5.35. The van der Waals surface area contributed by atoms with Crippen LogP contribution in [0.5, 0.6) is 0 Å². The van der Waals surface area contributed by atoms with Gasteiger partial charge in [0.1, 0.15) is 0 Å². The van der Waals surface area contributed by atoms with E-state index in [2.05, 4.69) is 48.0 Å². The van der Waals surface area contributed by atoms with Gasteiger partial charge in [-0.2, -0.15) is 0 Å². The standard InChI is InChI=1S/C15H21Br/c1-3-4-5-12-7-8-13-11(2)6-9-15(16)14(13)10-12/h7-8,10-11,15H,3-6,9H2,1-2H3. The zero-order valence-electron chi connectivity index (χ0n) is 10.3. The molecule has 0 spiro atoms. The lowest BCUT2D eigenvalue weighted by molar-refractivity contribution is 0.586. The Bertz CT molecular complexity index is 356. The summed E-state index contributed by atoms with van der Waals surface area (Å²) in [5.41, 5.74) is 4.62. The highest BCUT2D eigenvalue weighted by Crippen LogP contribution is 2.42. The topological polar surface area (TPSA) is 0 Å². The summed E-state index contributed by atoms with van der Waals surface area (Å²) in [7, 11) is 0. The van der Waals surface area contributed by atoms with Crippen LogP contribution in [0.15, 0.2) is 18.2 Å². The van der Waals surface area contributed by atoms with Gasteiger partial charge in [-0.15, -0.1) is 0 Å². The summed E-state index contributed by atoms with van der Waals surface area (Å²) in [6.07, 6.45) is 6.42. The Morgan fingerprint density at radius 3 is 2.81 bits per heavy atom. The Hall–Kier alpha value is -0.300. The zero-order chi connectivity index (χ0) is 11.5. The smallest absolute Gasteiger partial charge is 0.0398 e. The number of hydrogen-bond acceptors (Lipinski definition) is 0. The van der Waals surface area contributed by atoms with Gasteiger partial charge >= 0.3 is 0 Å². The molecule has 0 nitrogen and oxygen atoms in total. The van der Waals surface area contributed by atoms with E-state index in [1.54, 1.807) is 11.1 Å². The van der Waals surface area contributed by atoms with E-state index >= 15 is 0 Å². The van der Waals surface area contributed by atoms with Crippen molar-refractivity contribution < 1.29 is 0 Å². The third-order valence-corrected chi connectivity index (χ3v) is 4.64. The Balaban J connectivity index is 2.25. The van der Waals surface area contributed by atoms with Crippen molar-refractivity contribution in [3.05, 3.63) is 34.9 Å². The third-order valence-electron chi connectivity index (χ3n) is 3.69. The summed E-state index contributed by atoms with van der Waals surface area (Å²) in [5.74, 6) is 0.740. The van der Waals surface area contributed by atoms with Gasteiger partial charge < -0.3 is 0 Å². The highest BCUT2D eigenvalue weighted by molar-refractivity contribution is 9.09. The molecule has 1 aliphatic carbocycles. The van der Waals surface area contributed by atoms with Crippen LogP contribution >= 0.6 is 15.9 Å². The molecule has 0 aliphatic heterocycles. The predicted octanol–water partition coefficient (Wildman–Crippen LogP) is 5.36. The van der Waals surface area contributed by atoms with E-state index in [9.17, 15) is 0 Å². The number of alkyl halides is 1. The van der Waals surface area contributed by atoms with Gasteiger partial charge in [-0.25, -0.2) is 0 Å². The van der Waals surface area contributed by atoms with Crippen LogP contribution in [-0.2, 0) is 6.42 Å². The first-order chi connectivity index (χ1) is 7.72. The maximum atomic E-state index is 3.82. The van der Waals surface area contributed by atoms with Gasteiger partial charge in [0.05, 0.1) is 0 Å². The number of halogens is 1. The highest BCUT2D eigenvalue weighted by Gasteiger charge is 2.22. The monoisotopic (exact) mass is 280 g/mol. The predicted molar refractivity (Wildman–Crippen MR) is 74.4 cm³/mol. The zero-order valence-corrected chi connectivity index (χ0v) is 11.9. The van der Waals surface area contributed by atoms with E-state index in [1.165, 1.54) is 37.7 Å². The summed E-state index contributed by atoms with van der Waals surface area (Å²) in [6, 6.07) is 7.12. The number of benzene rings is 1. The summed E-state index contributed by atoms with van der Waals surface area (Å²) in [4.78, 5) is 0.584. The van der Waals surface area contributed by atoms with Crippen LogP contribution in [0.25, 0.3) is 0 Å². The van der Waals surface area contributed by atoms with Gasteiger partial charge in [0.2, 0.25) is 0 Å². The van der Waals surface area contributed by atoms with Crippen molar-refractivity contribution in [2.75, 3.05) is 0 Å². The van der Waals surface area contributed by atoms with Gasteiger partial charge in [0, 0.05) is 4.83 Å². The molecule has 1 aliphatic rings. The molecule has 0 radical (unpaired) electrons. The van der Waals surface area contributed by atoms with E-state index in [1.807, 2.05) is 0 Å². The normalized spacial score (nSPS) is 24.2. The molecular formula is C15H21Br. The molecule has 0 aromatic heterocycles. The summed E-state index contributed by atoms with van der Waals surface area (Å²) >= 11 is 3.82. The molecule has 1 aromatic carbocycles. The highest BCUT2D eigenvalue weighted by atomic mass is 79.9. The van der Waals surface area contributed by atoms with Crippen molar-refractivity contribution in [3.8, 4) is 0 Å². The van der Waals surface area contributed by atoms with Crippen molar-refractivity contribution in [2.24, 2.45) is 0 Å². The van der Waals surface area contributed by atoms with E-state index in [-0.39, 0.29) is 0 Å². The lowest BCUT2D eigenvalue weighted by Gasteiger charge is -2.27. The second-order valence-corrected chi connectivity index (χ2v) is 6.12. The third kappa shape index (κ3) is 2.51. The van der Waals surface area contributed by atoms with Crippen LogP contribution < -0.4 is 0 Å². The number of hydrogen-bond donors (Lipinski definition) is 0. The molecule has 0 bridgehead atoms. The molecule has 2 atom stereocenters. The Labute approximate surface area is 108 Å². The van der Waals surface area contributed by atoms with Crippen molar-refractivity contribution in [1.29, 1.82) is 0 Å². The molecule has 0 saturated heterocycles. The van der Waals surface area contributed by atoms with E-state index in [4.69, 9.17) is 0 Å². The van der Waals surface area contributed by atoms with E-state index < -0.39 is 0 Å². The van der Waals surface area contributed by atoms with Crippen LogP contribution in [0, 0.1) is 0 Å². The van der Waals surface area contributed by atoms with Gasteiger partial charge in [-0.1, -0.05) is 54.4 Å². The van der Waals surface area contributed by atoms with Crippen LogP contribution in [0.3, 0.4) is 0 Å². The van der Waals surface area contributed by atoms with Gasteiger partial charge in [-0.05, 0) is 48.3 Å². The lowest BCUT2D eigenvalue weighted by atomic mass is 9.83. The van der Waals surface area contributed by atoms with Crippen LogP contribution in [0.4, 0.5) is 0 Å². The van der Waals surface area contributed by atoms with Crippen LogP contribution in [-0.4, -0.2) is 0 Å². The molecule has 0 fully saturated rings. The van der Waals surface area contributed by atoms with Crippen molar-refractivity contribution in [3.63, 3.8) is 0 Å². The molecule has 0 amide bonds. The quantitative estimate of drug-likeness (QED) is 0.654. The molecule has 1 aromatic rings. The molecule has 0 saturated carbocycles. The average molecular weight is 281 g/mol. The van der Waals surface area contributed by atoms with Crippen molar-refractivity contribution in [2.45, 2.75) is 56.7 Å². The minimum Gasteiger partial charge on any atom is -0.0839 e. The Morgan fingerprint density at radius 2 is 2.06 bits per heavy atom. The minimum absolute atomic E-state index is 0.584. The molecule has 88 valence electrons. The summed E-state index contributed by atoms with van der Waals surface area (Å²) in [6.45, 7) is 4.61. The fourth-order valence-electron chi connectivity index (χ4n) is 2.59. The molecule has 1 heteroatoms. The Kier molecular flexibility index (Phi) is 4.07. The maximum absolute atomic E-state index is 3.82. The number of aryl methyl sites for hydroxylation is 1. The van der Waals surface area contributed by atoms with Crippen molar-refractivity contribution >= 4 is 15.9 Å². The number of fused-ring (bicyclic) bond motifs is 1. The summed E-state index contributed by atoms with van der Waals surface area (Å²) in [5, 5.41) is 0. The van der Waals surface area contributed by atoms with Crippen LogP contribution in [0.2, 0.25) is 0 Å². The SMILES string of the molecule is CCCCc1ccc2c(c1)C(Br)CCC2C. The second-order valence-electron chi connectivity index (χ2n) is 5.01. The van der Waals surface area contributed by atoms with Crippen LogP contribution in [0.1, 0.15) is 67.0 Å². The van der Waals surface area contributed by atoms with Crippen molar-refractivity contribution in [1.82, 2.24) is 0 Å². The first kappa shape index (κ1) is 12.2. The van der Waals surface area contributed by atoms with E-state index in [0.29, 0.717) is 4.83 Å². The molecule has 2 unspecified atom stereocenters. The number of rotatable bonds is 3.